The topological polar surface area (TPSA) is 52.0 Å². The molecule has 0 spiro atoms. The molecule has 0 aliphatic heterocycles. The van der Waals surface area contributed by atoms with Gasteiger partial charge in [0.15, 0.2) is 11.5 Å². The third-order valence-corrected chi connectivity index (χ3v) is 3.48. The van der Waals surface area contributed by atoms with E-state index in [4.69, 9.17) is 0 Å². The summed E-state index contributed by atoms with van der Waals surface area (Å²) in [4.78, 5) is 23.5. The fourth-order valence-corrected chi connectivity index (χ4v) is 2.24. The van der Waals surface area contributed by atoms with Crippen molar-refractivity contribution in [1.29, 1.82) is 0 Å². The van der Waals surface area contributed by atoms with Gasteiger partial charge in [0.2, 0.25) is 0 Å². The molecule has 0 atom stereocenters. The van der Waals surface area contributed by atoms with E-state index < -0.39 is 17.7 Å². The third kappa shape index (κ3) is 3.41. The molecular formula is C12H13F3N2O2S. The predicted octanol–water partition coefficient (Wildman–Crippen LogP) is 2.77. The van der Waals surface area contributed by atoms with Crippen LogP contribution >= 0.6 is 11.8 Å². The number of halogens is 3. The molecule has 0 bridgehead atoms. The van der Waals surface area contributed by atoms with Gasteiger partial charge in [0.05, 0.1) is 12.3 Å². The van der Waals surface area contributed by atoms with E-state index in [2.05, 4.69) is 5.10 Å². The Morgan fingerprint density at radius 1 is 1.45 bits per heavy atom. The van der Waals surface area contributed by atoms with Crippen LogP contribution in [0.2, 0.25) is 0 Å². The van der Waals surface area contributed by atoms with Gasteiger partial charge in [-0.3, -0.25) is 14.3 Å². The lowest BCUT2D eigenvalue weighted by molar-refractivity contribution is -0.141. The van der Waals surface area contributed by atoms with Crippen molar-refractivity contribution in [1.82, 2.24) is 9.78 Å². The summed E-state index contributed by atoms with van der Waals surface area (Å²) in [5, 5.41) is 3.40. The summed E-state index contributed by atoms with van der Waals surface area (Å²) >= 11 is 1.24. The lowest BCUT2D eigenvalue weighted by Gasteiger charge is -2.04. The van der Waals surface area contributed by atoms with Crippen LogP contribution in [-0.2, 0) is 16.8 Å². The third-order valence-electron chi connectivity index (χ3n) is 2.97. The maximum absolute atomic E-state index is 12.6. The van der Waals surface area contributed by atoms with E-state index in [9.17, 15) is 22.8 Å². The van der Waals surface area contributed by atoms with Gasteiger partial charge in [-0.2, -0.15) is 18.3 Å². The first-order valence-electron chi connectivity index (χ1n) is 6.03. The highest BCUT2D eigenvalue weighted by Crippen LogP contribution is 2.32. The van der Waals surface area contributed by atoms with Gasteiger partial charge in [-0.1, -0.05) is 0 Å². The predicted molar refractivity (Wildman–Crippen MR) is 67.4 cm³/mol. The molecule has 0 radical (unpaired) electrons. The highest BCUT2D eigenvalue weighted by atomic mass is 32.2. The molecule has 1 saturated carbocycles. The lowest BCUT2D eigenvalue weighted by Crippen LogP contribution is -2.14. The van der Waals surface area contributed by atoms with E-state index >= 15 is 0 Å². The molecule has 1 aliphatic rings. The summed E-state index contributed by atoms with van der Waals surface area (Å²) < 4.78 is 38.9. The van der Waals surface area contributed by atoms with Crippen LogP contribution in [0.1, 0.15) is 35.4 Å². The van der Waals surface area contributed by atoms with Gasteiger partial charge in [0.25, 0.3) is 0 Å². The molecule has 1 fully saturated rings. The minimum Gasteiger partial charge on any atom is -0.299 e. The molecule has 0 unspecified atom stereocenters. The zero-order chi connectivity index (χ0) is 14.9. The largest absolute Gasteiger partial charge is 0.435 e. The molecule has 4 nitrogen and oxygen atoms in total. The number of carbonyl (C=O) groups excluding carboxylic acids is 2. The van der Waals surface area contributed by atoms with Gasteiger partial charge < -0.3 is 0 Å². The first-order valence-corrected chi connectivity index (χ1v) is 7.42. The lowest BCUT2D eigenvalue weighted by atomic mass is 10.1. The Morgan fingerprint density at radius 2 is 2.10 bits per heavy atom. The minimum atomic E-state index is -4.60. The summed E-state index contributed by atoms with van der Waals surface area (Å²) in [6, 6.07) is 0.721. The Morgan fingerprint density at radius 3 is 2.60 bits per heavy atom. The molecule has 1 aromatic heterocycles. The zero-order valence-corrected chi connectivity index (χ0v) is 11.6. The van der Waals surface area contributed by atoms with Crippen LogP contribution in [0.15, 0.2) is 6.07 Å². The summed E-state index contributed by atoms with van der Waals surface area (Å²) in [7, 11) is 0. The molecule has 1 aromatic rings. The average Bonchev–Trinajstić information content (AvgIpc) is 3.09. The SMILES string of the molecule is CSCn1nc(C(F)(F)F)cc1C(=O)CC(=O)C1CC1. The van der Waals surface area contributed by atoms with Gasteiger partial charge >= 0.3 is 6.18 Å². The Kier molecular flexibility index (Phi) is 4.22. The van der Waals surface area contributed by atoms with E-state index in [1.54, 1.807) is 6.26 Å². The first kappa shape index (κ1) is 15.1. The number of aromatic nitrogens is 2. The van der Waals surface area contributed by atoms with Crippen molar-refractivity contribution in [2.75, 3.05) is 6.26 Å². The van der Waals surface area contributed by atoms with E-state index in [0.29, 0.717) is 0 Å². The standard InChI is InChI=1S/C12H13F3N2O2S/c1-20-6-17-8(4-11(16-17)12(13,14)15)10(19)5-9(18)7-2-3-7/h4,7H,2-3,5-6H2,1H3. The number of rotatable bonds is 6. The Bertz CT molecular complexity index is 535. The monoisotopic (exact) mass is 306 g/mol. The van der Waals surface area contributed by atoms with Gasteiger partial charge in [-0.25, -0.2) is 0 Å². The fourth-order valence-electron chi connectivity index (χ4n) is 1.80. The van der Waals surface area contributed by atoms with Crippen molar-refractivity contribution >= 4 is 23.3 Å². The molecule has 20 heavy (non-hydrogen) atoms. The number of thioether (sulfide) groups is 1. The van der Waals surface area contributed by atoms with Crippen molar-refractivity contribution in [3.05, 3.63) is 17.5 Å². The normalized spacial score (nSPS) is 15.4. The Hall–Kier alpha value is -1.31. The quantitative estimate of drug-likeness (QED) is 0.599. The summed E-state index contributed by atoms with van der Waals surface area (Å²) in [5.41, 5.74) is -1.26. The highest BCUT2D eigenvalue weighted by Gasteiger charge is 2.37. The number of ketones is 2. The number of hydrogen-bond acceptors (Lipinski definition) is 4. The van der Waals surface area contributed by atoms with Crippen LogP contribution in [0.25, 0.3) is 0 Å². The second kappa shape index (κ2) is 5.59. The van der Waals surface area contributed by atoms with Crippen LogP contribution in [-0.4, -0.2) is 27.6 Å². The molecule has 110 valence electrons. The van der Waals surface area contributed by atoms with E-state index in [0.717, 1.165) is 23.6 Å². The Balaban J connectivity index is 2.21. The van der Waals surface area contributed by atoms with Crippen LogP contribution in [0.3, 0.4) is 0 Å². The molecule has 8 heteroatoms. The molecular weight excluding hydrogens is 293 g/mol. The van der Waals surface area contributed by atoms with E-state index in [1.807, 2.05) is 0 Å². The second-order valence-electron chi connectivity index (χ2n) is 4.67. The van der Waals surface area contributed by atoms with E-state index in [-0.39, 0.29) is 29.7 Å². The molecule has 2 rings (SSSR count). The molecule has 0 aromatic carbocycles. The molecule has 0 amide bonds. The van der Waals surface area contributed by atoms with Crippen LogP contribution in [0, 0.1) is 5.92 Å². The summed E-state index contributed by atoms with van der Waals surface area (Å²) in [6.45, 7) is 0. The van der Waals surface area contributed by atoms with Gasteiger partial charge in [-0.05, 0) is 25.2 Å². The molecule has 1 aliphatic carbocycles. The van der Waals surface area contributed by atoms with Crippen molar-refractivity contribution in [3.8, 4) is 0 Å². The van der Waals surface area contributed by atoms with Crippen molar-refractivity contribution in [2.45, 2.75) is 31.3 Å². The Labute approximate surface area is 117 Å². The molecule has 1 heterocycles. The average molecular weight is 306 g/mol. The van der Waals surface area contributed by atoms with Crippen LogP contribution < -0.4 is 0 Å². The van der Waals surface area contributed by atoms with E-state index in [1.165, 1.54) is 11.8 Å². The highest BCUT2D eigenvalue weighted by molar-refractivity contribution is 7.97. The van der Waals surface area contributed by atoms with Gasteiger partial charge in [0.1, 0.15) is 11.5 Å². The van der Waals surface area contributed by atoms with Gasteiger partial charge in [-0.15, -0.1) is 11.8 Å². The molecule has 0 saturated heterocycles. The van der Waals surface area contributed by atoms with Crippen LogP contribution in [0.4, 0.5) is 13.2 Å². The van der Waals surface area contributed by atoms with Crippen molar-refractivity contribution < 1.29 is 22.8 Å². The second-order valence-corrected chi connectivity index (χ2v) is 5.51. The number of Topliss-reactive ketones (excluding diaryl/α,β-unsaturated/α-hetero) is 2. The zero-order valence-electron chi connectivity index (χ0n) is 10.7. The minimum absolute atomic E-state index is 0.0852. The van der Waals surface area contributed by atoms with Crippen molar-refractivity contribution in [2.24, 2.45) is 5.92 Å². The van der Waals surface area contributed by atoms with Crippen molar-refractivity contribution in [3.63, 3.8) is 0 Å². The number of hydrogen-bond donors (Lipinski definition) is 0. The number of alkyl halides is 3. The number of carbonyl (C=O) groups is 2. The maximum Gasteiger partial charge on any atom is 0.435 e. The smallest absolute Gasteiger partial charge is 0.299 e. The number of nitrogens with zero attached hydrogens (tertiary/aromatic N) is 2. The first-order chi connectivity index (χ1) is 9.32. The van der Waals surface area contributed by atoms with Crippen LogP contribution in [0.5, 0.6) is 0 Å². The summed E-state index contributed by atoms with van der Waals surface area (Å²) in [6.07, 6.45) is -1.71. The van der Waals surface area contributed by atoms with Gasteiger partial charge in [0, 0.05) is 5.92 Å². The summed E-state index contributed by atoms with van der Waals surface area (Å²) in [5.74, 6) is -0.744. The maximum atomic E-state index is 12.6. The fraction of sp³-hybridized carbons (Fsp3) is 0.583. The molecule has 0 N–H and O–H groups in total.